The van der Waals surface area contributed by atoms with Gasteiger partial charge in [-0.3, -0.25) is 9.78 Å². The largest absolute Gasteiger partial charge is 0.383 e. The van der Waals surface area contributed by atoms with Crippen LogP contribution in [0.25, 0.3) is 33.1 Å². The molecule has 0 aliphatic carbocycles. The number of hydrogen-bond acceptors (Lipinski definition) is 5. The SMILES string of the molecule is C.CC(C)NCCn1cc2c(N)nc3cc(-c4ccn[nH]4)ccc3c2n1. The molecular weight excluding hydrogens is 326 g/mol. The second kappa shape index (κ2) is 7.13. The molecule has 4 rings (SSSR count). The second-order valence-electron chi connectivity index (χ2n) is 6.46. The molecule has 0 spiro atoms. The second-order valence-corrected chi connectivity index (χ2v) is 6.46. The number of benzene rings is 1. The van der Waals surface area contributed by atoms with Crippen LogP contribution in [0.1, 0.15) is 21.3 Å². The normalized spacial score (nSPS) is 11.3. The number of H-pyrrole nitrogens is 1. The maximum atomic E-state index is 6.18. The Bertz CT molecular complexity index is 1020. The summed E-state index contributed by atoms with van der Waals surface area (Å²) in [6.07, 6.45) is 3.71. The third kappa shape index (κ3) is 3.25. The summed E-state index contributed by atoms with van der Waals surface area (Å²) in [5.41, 5.74) is 9.89. The molecule has 0 aliphatic heterocycles. The van der Waals surface area contributed by atoms with Crippen molar-refractivity contribution in [1.29, 1.82) is 0 Å². The third-order valence-electron chi connectivity index (χ3n) is 4.24. The minimum Gasteiger partial charge on any atom is -0.383 e. The van der Waals surface area contributed by atoms with Gasteiger partial charge in [0.15, 0.2) is 0 Å². The van der Waals surface area contributed by atoms with Gasteiger partial charge in [-0.25, -0.2) is 4.98 Å². The van der Waals surface area contributed by atoms with E-state index in [2.05, 4.69) is 34.3 Å². The highest BCUT2D eigenvalue weighted by Gasteiger charge is 2.12. The number of nitrogens with two attached hydrogens (primary N) is 1. The van der Waals surface area contributed by atoms with Gasteiger partial charge >= 0.3 is 0 Å². The van der Waals surface area contributed by atoms with E-state index in [9.17, 15) is 0 Å². The molecule has 0 bridgehead atoms. The number of nitrogen functional groups attached to an aromatic ring is 1. The molecule has 4 N–H and O–H groups in total. The molecule has 0 saturated carbocycles. The summed E-state index contributed by atoms with van der Waals surface area (Å²) in [7, 11) is 0. The van der Waals surface area contributed by atoms with Gasteiger partial charge in [0.05, 0.1) is 23.1 Å². The first-order valence-corrected chi connectivity index (χ1v) is 8.41. The van der Waals surface area contributed by atoms with Crippen LogP contribution in [0.3, 0.4) is 0 Å². The van der Waals surface area contributed by atoms with E-state index < -0.39 is 0 Å². The number of pyridine rings is 1. The van der Waals surface area contributed by atoms with Crippen molar-refractivity contribution in [2.75, 3.05) is 12.3 Å². The van der Waals surface area contributed by atoms with Gasteiger partial charge in [0.1, 0.15) is 11.3 Å². The van der Waals surface area contributed by atoms with E-state index in [1.807, 2.05) is 35.1 Å². The van der Waals surface area contributed by atoms with Crippen molar-refractivity contribution in [1.82, 2.24) is 30.3 Å². The Kier molecular flexibility index (Phi) is 4.90. The summed E-state index contributed by atoms with van der Waals surface area (Å²) in [6, 6.07) is 8.49. The molecule has 0 unspecified atom stereocenters. The Morgan fingerprint density at radius 2 is 2.08 bits per heavy atom. The van der Waals surface area contributed by atoms with E-state index in [1.54, 1.807) is 6.20 Å². The molecular formula is C19H25N7. The average molecular weight is 351 g/mol. The van der Waals surface area contributed by atoms with Crippen LogP contribution in [-0.2, 0) is 6.54 Å². The Labute approximate surface area is 152 Å². The van der Waals surface area contributed by atoms with E-state index in [4.69, 9.17) is 10.8 Å². The number of fused-ring (bicyclic) bond motifs is 3. The number of aromatic amines is 1. The zero-order valence-electron chi connectivity index (χ0n) is 14.3. The molecule has 0 radical (unpaired) electrons. The number of anilines is 1. The highest BCUT2D eigenvalue weighted by atomic mass is 15.3. The van der Waals surface area contributed by atoms with Crippen LogP contribution in [-0.4, -0.2) is 37.5 Å². The smallest absolute Gasteiger partial charge is 0.135 e. The van der Waals surface area contributed by atoms with Crippen molar-refractivity contribution in [3.05, 3.63) is 36.7 Å². The van der Waals surface area contributed by atoms with E-state index in [1.165, 1.54) is 0 Å². The van der Waals surface area contributed by atoms with Crippen LogP contribution in [0, 0.1) is 0 Å². The number of nitrogens with zero attached hydrogens (tertiary/aromatic N) is 4. The fourth-order valence-electron chi connectivity index (χ4n) is 2.99. The van der Waals surface area contributed by atoms with Crippen LogP contribution in [0.5, 0.6) is 0 Å². The Morgan fingerprint density at radius 3 is 2.81 bits per heavy atom. The monoisotopic (exact) mass is 351 g/mol. The summed E-state index contributed by atoms with van der Waals surface area (Å²) in [5, 5.41) is 17.0. The molecule has 3 heterocycles. The molecule has 4 aromatic rings. The Morgan fingerprint density at radius 1 is 1.23 bits per heavy atom. The third-order valence-corrected chi connectivity index (χ3v) is 4.24. The van der Waals surface area contributed by atoms with Crippen molar-refractivity contribution < 1.29 is 0 Å². The van der Waals surface area contributed by atoms with Gasteiger partial charge in [0.25, 0.3) is 0 Å². The van der Waals surface area contributed by atoms with Crippen molar-refractivity contribution in [3.63, 3.8) is 0 Å². The predicted octanol–water partition coefficient (Wildman–Crippen LogP) is 3.19. The molecule has 0 aliphatic rings. The Balaban J connectivity index is 0.00000196. The topological polar surface area (TPSA) is 97.4 Å². The van der Waals surface area contributed by atoms with Crippen LogP contribution < -0.4 is 11.1 Å². The number of nitrogens with one attached hydrogen (secondary N) is 2. The summed E-state index contributed by atoms with van der Waals surface area (Å²) in [4.78, 5) is 4.57. The molecule has 3 aromatic heterocycles. The van der Waals surface area contributed by atoms with Crippen molar-refractivity contribution >= 4 is 27.6 Å². The standard InChI is InChI=1S/C18H21N7.CH4/c1-11(2)20-7-8-25-10-14-17(24-25)13-4-3-12(15-5-6-21-23-15)9-16(13)22-18(14)19;/h3-6,9-11,20H,7-8H2,1-2H3,(H2,19,22)(H,21,23);1H4. The van der Waals surface area contributed by atoms with E-state index in [0.29, 0.717) is 11.9 Å². The van der Waals surface area contributed by atoms with Crippen molar-refractivity contribution in [3.8, 4) is 11.3 Å². The van der Waals surface area contributed by atoms with E-state index >= 15 is 0 Å². The summed E-state index contributed by atoms with van der Waals surface area (Å²) in [6.45, 7) is 5.92. The maximum Gasteiger partial charge on any atom is 0.135 e. The highest BCUT2D eigenvalue weighted by Crippen LogP contribution is 2.29. The number of rotatable bonds is 5. The fourth-order valence-corrected chi connectivity index (χ4v) is 2.99. The molecule has 0 fully saturated rings. The van der Waals surface area contributed by atoms with Gasteiger partial charge < -0.3 is 11.1 Å². The first-order valence-electron chi connectivity index (χ1n) is 8.41. The van der Waals surface area contributed by atoms with Crippen LogP contribution in [0.4, 0.5) is 5.82 Å². The van der Waals surface area contributed by atoms with Crippen LogP contribution in [0.2, 0.25) is 0 Å². The molecule has 0 amide bonds. The molecule has 7 heteroatoms. The lowest BCUT2D eigenvalue weighted by Crippen LogP contribution is -2.26. The average Bonchev–Trinajstić information content (AvgIpc) is 3.24. The number of hydrogen-bond donors (Lipinski definition) is 3. The zero-order valence-corrected chi connectivity index (χ0v) is 14.3. The van der Waals surface area contributed by atoms with Gasteiger partial charge in [-0.2, -0.15) is 10.2 Å². The van der Waals surface area contributed by atoms with E-state index in [0.717, 1.165) is 46.2 Å². The van der Waals surface area contributed by atoms with Crippen LogP contribution in [0.15, 0.2) is 36.7 Å². The van der Waals surface area contributed by atoms with Gasteiger partial charge in [-0.15, -0.1) is 0 Å². The first kappa shape index (κ1) is 17.9. The lowest BCUT2D eigenvalue weighted by molar-refractivity contribution is 0.518. The van der Waals surface area contributed by atoms with Crippen LogP contribution >= 0.6 is 0 Å². The molecule has 0 saturated heterocycles. The van der Waals surface area contributed by atoms with Gasteiger partial charge in [-0.1, -0.05) is 27.3 Å². The van der Waals surface area contributed by atoms with Gasteiger partial charge in [0.2, 0.25) is 0 Å². The van der Waals surface area contributed by atoms with Gasteiger partial charge in [-0.05, 0) is 18.2 Å². The Hall–Kier alpha value is -2.93. The molecule has 136 valence electrons. The molecule has 7 nitrogen and oxygen atoms in total. The summed E-state index contributed by atoms with van der Waals surface area (Å²) >= 11 is 0. The number of aromatic nitrogens is 5. The van der Waals surface area contributed by atoms with E-state index in [-0.39, 0.29) is 7.43 Å². The minimum atomic E-state index is 0. The fraction of sp³-hybridized carbons (Fsp3) is 0.316. The lowest BCUT2D eigenvalue weighted by Gasteiger charge is -2.07. The van der Waals surface area contributed by atoms with Gasteiger partial charge in [0, 0.05) is 35.9 Å². The highest BCUT2D eigenvalue weighted by molar-refractivity contribution is 6.08. The lowest BCUT2D eigenvalue weighted by atomic mass is 10.1. The summed E-state index contributed by atoms with van der Waals surface area (Å²) in [5.74, 6) is 0.507. The molecule has 26 heavy (non-hydrogen) atoms. The quantitative estimate of drug-likeness (QED) is 0.513. The minimum absolute atomic E-state index is 0. The summed E-state index contributed by atoms with van der Waals surface area (Å²) < 4.78 is 1.93. The first-order chi connectivity index (χ1) is 12.1. The van der Waals surface area contributed by atoms with Crippen molar-refractivity contribution in [2.45, 2.75) is 33.9 Å². The maximum absolute atomic E-state index is 6.18. The van der Waals surface area contributed by atoms with Crippen molar-refractivity contribution in [2.24, 2.45) is 0 Å². The molecule has 1 aromatic carbocycles. The zero-order chi connectivity index (χ0) is 17.4. The predicted molar refractivity (Wildman–Crippen MR) is 107 cm³/mol. The molecule has 0 atom stereocenters.